The number of carbonyl (C=O) groups is 2. The molecule has 1 aliphatic carbocycles. The fraction of sp³-hybridized carbons (Fsp3) is 0.818. The number of rotatable bonds is 4. The molecule has 0 aliphatic heterocycles. The van der Waals surface area contributed by atoms with Gasteiger partial charge in [-0.3, -0.25) is 9.59 Å². The Morgan fingerprint density at radius 3 is 2.62 bits per heavy atom. The number of hydrogen-bond donors (Lipinski definition) is 1. The van der Waals surface area contributed by atoms with Crippen LogP contribution in [0.25, 0.3) is 0 Å². The van der Waals surface area contributed by atoms with Gasteiger partial charge in [0, 0.05) is 11.8 Å². The van der Waals surface area contributed by atoms with Crippen molar-refractivity contribution in [2.24, 2.45) is 0 Å². The Labute approximate surface area is 100 Å². The smallest absolute Gasteiger partial charge is 0.306 e. The lowest BCUT2D eigenvalue weighted by Crippen LogP contribution is -2.33. The molecule has 0 aromatic rings. The molecular weight excluding hydrogens is 226 g/mol. The van der Waals surface area contributed by atoms with E-state index in [1.807, 2.05) is 0 Å². The maximum Gasteiger partial charge on any atom is 0.306 e. The molecule has 1 aliphatic rings. The summed E-state index contributed by atoms with van der Waals surface area (Å²) in [6.07, 6.45) is 6.16. The molecule has 0 spiro atoms. The largest absolute Gasteiger partial charge is 0.469 e. The molecule has 4 nitrogen and oxygen atoms in total. The maximum absolute atomic E-state index is 11.5. The SMILES string of the molecule is COC(=O)CCSC(=O)NC1CCCCC1. The number of carbonyl (C=O) groups excluding carboxylic acids is 2. The second-order valence-electron chi connectivity index (χ2n) is 3.94. The molecule has 1 saturated carbocycles. The van der Waals surface area contributed by atoms with Crippen molar-refractivity contribution in [1.29, 1.82) is 0 Å². The summed E-state index contributed by atoms with van der Waals surface area (Å²) in [6, 6.07) is 0.340. The highest BCUT2D eigenvalue weighted by atomic mass is 32.2. The quantitative estimate of drug-likeness (QED) is 0.772. The molecule has 0 radical (unpaired) electrons. The van der Waals surface area contributed by atoms with E-state index in [0.717, 1.165) is 24.6 Å². The van der Waals surface area contributed by atoms with Crippen molar-refractivity contribution in [3.05, 3.63) is 0 Å². The van der Waals surface area contributed by atoms with Gasteiger partial charge < -0.3 is 10.1 Å². The molecule has 0 saturated heterocycles. The summed E-state index contributed by atoms with van der Waals surface area (Å²) in [5, 5.41) is 2.96. The Kier molecular flexibility index (Phi) is 6.30. The molecule has 0 heterocycles. The van der Waals surface area contributed by atoms with Gasteiger partial charge in [0.15, 0.2) is 0 Å². The van der Waals surface area contributed by atoms with Crippen molar-refractivity contribution in [1.82, 2.24) is 5.32 Å². The summed E-state index contributed by atoms with van der Waals surface area (Å²) in [4.78, 5) is 22.3. The molecule has 0 bridgehead atoms. The van der Waals surface area contributed by atoms with Crippen LogP contribution in [0.4, 0.5) is 4.79 Å². The van der Waals surface area contributed by atoms with E-state index in [-0.39, 0.29) is 11.2 Å². The first-order chi connectivity index (χ1) is 7.72. The summed E-state index contributed by atoms with van der Waals surface area (Å²) in [7, 11) is 1.36. The van der Waals surface area contributed by atoms with Crippen molar-refractivity contribution in [2.75, 3.05) is 12.9 Å². The van der Waals surface area contributed by atoms with Gasteiger partial charge in [0.2, 0.25) is 0 Å². The number of esters is 1. The van der Waals surface area contributed by atoms with E-state index < -0.39 is 0 Å². The lowest BCUT2D eigenvalue weighted by atomic mass is 9.96. The van der Waals surface area contributed by atoms with Gasteiger partial charge in [-0.1, -0.05) is 31.0 Å². The molecule has 1 rings (SSSR count). The first-order valence-corrected chi connectivity index (χ1v) is 6.71. The fourth-order valence-electron chi connectivity index (χ4n) is 1.78. The minimum atomic E-state index is -0.266. The second kappa shape index (κ2) is 7.54. The third-order valence-electron chi connectivity index (χ3n) is 2.69. The van der Waals surface area contributed by atoms with E-state index in [0.29, 0.717) is 18.2 Å². The van der Waals surface area contributed by atoms with Gasteiger partial charge in [0.25, 0.3) is 5.24 Å². The van der Waals surface area contributed by atoms with Gasteiger partial charge in [-0.15, -0.1) is 0 Å². The highest BCUT2D eigenvalue weighted by molar-refractivity contribution is 8.13. The number of nitrogens with one attached hydrogen (secondary N) is 1. The van der Waals surface area contributed by atoms with Crippen LogP contribution in [0.15, 0.2) is 0 Å². The van der Waals surface area contributed by atoms with Gasteiger partial charge in [-0.2, -0.15) is 0 Å². The zero-order chi connectivity index (χ0) is 11.8. The summed E-state index contributed by atoms with van der Waals surface area (Å²) in [5.41, 5.74) is 0. The minimum absolute atomic E-state index is 0.0178. The Morgan fingerprint density at radius 2 is 2.00 bits per heavy atom. The van der Waals surface area contributed by atoms with Crippen LogP contribution in [-0.4, -0.2) is 30.1 Å². The Balaban J connectivity index is 2.08. The van der Waals surface area contributed by atoms with Crippen LogP contribution in [0.3, 0.4) is 0 Å². The van der Waals surface area contributed by atoms with Crippen molar-refractivity contribution < 1.29 is 14.3 Å². The van der Waals surface area contributed by atoms with Gasteiger partial charge >= 0.3 is 5.97 Å². The van der Waals surface area contributed by atoms with Crippen LogP contribution in [-0.2, 0) is 9.53 Å². The van der Waals surface area contributed by atoms with Crippen LogP contribution in [0.1, 0.15) is 38.5 Å². The second-order valence-corrected chi connectivity index (χ2v) is 5.01. The summed E-state index contributed by atoms with van der Waals surface area (Å²) >= 11 is 1.16. The highest BCUT2D eigenvalue weighted by Crippen LogP contribution is 2.18. The molecular formula is C11H19NO3S. The summed E-state index contributed by atoms with van der Waals surface area (Å²) in [5.74, 6) is 0.226. The Morgan fingerprint density at radius 1 is 1.31 bits per heavy atom. The van der Waals surface area contributed by atoms with Gasteiger partial charge in [-0.25, -0.2) is 0 Å². The molecule has 92 valence electrons. The molecule has 0 unspecified atom stereocenters. The zero-order valence-electron chi connectivity index (χ0n) is 9.66. The average molecular weight is 245 g/mol. The number of methoxy groups -OCH3 is 1. The van der Waals surface area contributed by atoms with E-state index in [4.69, 9.17) is 0 Å². The zero-order valence-corrected chi connectivity index (χ0v) is 10.5. The number of hydrogen-bond acceptors (Lipinski definition) is 4. The predicted molar refractivity (Wildman–Crippen MR) is 64.5 cm³/mol. The van der Waals surface area contributed by atoms with Gasteiger partial charge in [-0.05, 0) is 12.8 Å². The Hall–Kier alpha value is -0.710. The maximum atomic E-state index is 11.5. The molecule has 0 atom stereocenters. The fourth-order valence-corrected chi connectivity index (χ4v) is 2.49. The molecule has 1 amide bonds. The molecule has 1 fully saturated rings. The van der Waals surface area contributed by atoms with Crippen LogP contribution >= 0.6 is 11.8 Å². The van der Waals surface area contributed by atoms with Crippen LogP contribution in [0, 0.1) is 0 Å². The molecule has 0 aromatic heterocycles. The standard InChI is InChI=1S/C11H19NO3S/c1-15-10(13)7-8-16-11(14)12-9-5-3-2-4-6-9/h9H,2-8H2,1H3,(H,12,14). The number of thioether (sulfide) groups is 1. The molecule has 5 heteroatoms. The van der Waals surface area contributed by atoms with Crippen LogP contribution in [0.2, 0.25) is 0 Å². The van der Waals surface area contributed by atoms with Crippen molar-refractivity contribution >= 4 is 23.0 Å². The average Bonchev–Trinajstić information content (AvgIpc) is 2.30. The molecule has 0 aromatic carbocycles. The van der Waals surface area contributed by atoms with Crippen molar-refractivity contribution in [3.63, 3.8) is 0 Å². The predicted octanol–water partition coefficient (Wildman–Crippen LogP) is 2.33. The van der Waals surface area contributed by atoms with E-state index in [9.17, 15) is 9.59 Å². The van der Waals surface area contributed by atoms with E-state index in [1.54, 1.807) is 0 Å². The first kappa shape index (κ1) is 13.4. The lowest BCUT2D eigenvalue weighted by Gasteiger charge is -2.22. The van der Waals surface area contributed by atoms with Crippen molar-refractivity contribution in [2.45, 2.75) is 44.6 Å². The van der Waals surface area contributed by atoms with Crippen LogP contribution in [0.5, 0.6) is 0 Å². The number of amides is 1. The minimum Gasteiger partial charge on any atom is -0.469 e. The van der Waals surface area contributed by atoms with E-state index in [1.165, 1.54) is 26.4 Å². The van der Waals surface area contributed by atoms with Gasteiger partial charge in [0.05, 0.1) is 13.5 Å². The highest BCUT2D eigenvalue weighted by Gasteiger charge is 2.15. The third kappa shape index (κ3) is 5.39. The van der Waals surface area contributed by atoms with Crippen LogP contribution < -0.4 is 5.32 Å². The summed E-state index contributed by atoms with van der Waals surface area (Å²) in [6.45, 7) is 0. The van der Waals surface area contributed by atoms with Crippen molar-refractivity contribution in [3.8, 4) is 0 Å². The normalized spacial score (nSPS) is 16.8. The molecule has 1 N–H and O–H groups in total. The summed E-state index contributed by atoms with van der Waals surface area (Å²) < 4.78 is 4.50. The third-order valence-corrected chi connectivity index (χ3v) is 3.48. The van der Waals surface area contributed by atoms with E-state index >= 15 is 0 Å². The monoisotopic (exact) mass is 245 g/mol. The number of ether oxygens (including phenoxy) is 1. The first-order valence-electron chi connectivity index (χ1n) is 5.72. The van der Waals surface area contributed by atoms with E-state index in [2.05, 4.69) is 10.1 Å². The lowest BCUT2D eigenvalue weighted by molar-refractivity contribution is -0.140. The Bertz CT molecular complexity index is 239. The molecule has 16 heavy (non-hydrogen) atoms. The van der Waals surface area contributed by atoms with Gasteiger partial charge in [0.1, 0.15) is 0 Å². The topological polar surface area (TPSA) is 55.4 Å².